The monoisotopic (exact) mass is 514 g/mol. The molecular formula is C26H24Cl2N2O5. The number of carboxylic acids is 1. The van der Waals surface area contributed by atoms with E-state index in [2.05, 4.69) is 17.4 Å². The van der Waals surface area contributed by atoms with Gasteiger partial charge in [-0.05, 0) is 35.4 Å². The molecule has 0 aliphatic rings. The molecule has 0 aromatic heterocycles. The van der Waals surface area contributed by atoms with Gasteiger partial charge in [0.15, 0.2) is 0 Å². The number of aliphatic carboxylic acids is 1. The van der Waals surface area contributed by atoms with Crippen molar-refractivity contribution in [1.82, 2.24) is 10.8 Å². The Morgan fingerprint density at radius 3 is 2.31 bits per heavy atom. The summed E-state index contributed by atoms with van der Waals surface area (Å²) >= 11 is 12.2. The Hall–Kier alpha value is -3.52. The van der Waals surface area contributed by atoms with Gasteiger partial charge in [-0.2, -0.15) is 0 Å². The Labute approximate surface area is 213 Å². The largest absolute Gasteiger partial charge is 0.496 e. The number of rotatable bonds is 10. The fourth-order valence-electron chi connectivity index (χ4n) is 3.63. The zero-order chi connectivity index (χ0) is 25.5. The molecule has 3 aromatic carbocycles. The van der Waals surface area contributed by atoms with E-state index in [0.29, 0.717) is 22.6 Å². The Morgan fingerprint density at radius 1 is 1.00 bits per heavy atom. The van der Waals surface area contributed by atoms with E-state index in [-0.39, 0.29) is 22.0 Å². The van der Waals surface area contributed by atoms with Gasteiger partial charge in [-0.25, -0.2) is 4.79 Å². The maximum absolute atomic E-state index is 12.8. The number of benzene rings is 3. The summed E-state index contributed by atoms with van der Waals surface area (Å²) in [7, 11) is 3.05. The SMILES string of the molecule is C=C(NOC)c1cc(C[C@H](NC(=O)c2c(Cl)cccc2Cl)C(=O)O)ccc1-c1ccccc1OC. The molecule has 3 aromatic rings. The van der Waals surface area contributed by atoms with E-state index >= 15 is 0 Å². The maximum atomic E-state index is 12.8. The average molecular weight is 515 g/mol. The van der Waals surface area contributed by atoms with Crippen LogP contribution in [0.1, 0.15) is 21.5 Å². The smallest absolute Gasteiger partial charge is 0.326 e. The number of nitrogens with one attached hydrogen (secondary N) is 2. The van der Waals surface area contributed by atoms with Gasteiger partial charge in [0.25, 0.3) is 5.91 Å². The van der Waals surface area contributed by atoms with Gasteiger partial charge in [0.1, 0.15) is 11.8 Å². The summed E-state index contributed by atoms with van der Waals surface area (Å²) in [6, 6.07) is 16.3. The lowest BCUT2D eigenvalue weighted by Crippen LogP contribution is -2.42. The molecule has 9 heteroatoms. The van der Waals surface area contributed by atoms with E-state index in [1.54, 1.807) is 25.3 Å². The van der Waals surface area contributed by atoms with Crippen LogP contribution in [-0.2, 0) is 16.1 Å². The van der Waals surface area contributed by atoms with Gasteiger partial charge in [-0.15, -0.1) is 0 Å². The van der Waals surface area contributed by atoms with Crippen LogP contribution in [0.15, 0.2) is 67.2 Å². The molecule has 7 nitrogen and oxygen atoms in total. The van der Waals surface area contributed by atoms with E-state index in [4.69, 9.17) is 32.8 Å². The number of halogens is 2. The second-order valence-electron chi connectivity index (χ2n) is 7.53. The highest BCUT2D eigenvalue weighted by atomic mass is 35.5. The van der Waals surface area contributed by atoms with Crippen molar-refractivity contribution in [3.8, 4) is 16.9 Å². The minimum absolute atomic E-state index is 0.00259. The number of carbonyl (C=O) groups is 2. The van der Waals surface area contributed by atoms with E-state index in [1.807, 2.05) is 30.3 Å². The number of carboxylic acid groups (broad SMARTS) is 1. The van der Waals surface area contributed by atoms with Gasteiger partial charge < -0.3 is 15.2 Å². The summed E-state index contributed by atoms with van der Waals surface area (Å²) in [5.41, 5.74) is 6.17. The Kier molecular flexibility index (Phi) is 8.76. The molecule has 0 heterocycles. The van der Waals surface area contributed by atoms with Crippen LogP contribution in [0.5, 0.6) is 5.75 Å². The fraction of sp³-hybridized carbons (Fsp3) is 0.154. The van der Waals surface area contributed by atoms with Gasteiger partial charge in [0.2, 0.25) is 0 Å². The lowest BCUT2D eigenvalue weighted by atomic mass is 9.93. The Balaban J connectivity index is 1.96. The molecule has 0 spiro atoms. The quantitative estimate of drug-likeness (QED) is 0.321. The third-order valence-corrected chi connectivity index (χ3v) is 5.89. The van der Waals surface area contributed by atoms with Crippen molar-refractivity contribution in [3.05, 3.63) is 94.0 Å². The molecule has 0 bridgehead atoms. The van der Waals surface area contributed by atoms with Crippen LogP contribution >= 0.6 is 23.2 Å². The molecule has 1 atom stereocenters. The molecule has 3 N–H and O–H groups in total. The highest BCUT2D eigenvalue weighted by Crippen LogP contribution is 2.35. The molecule has 1 amide bonds. The van der Waals surface area contributed by atoms with E-state index in [0.717, 1.165) is 11.1 Å². The van der Waals surface area contributed by atoms with Gasteiger partial charge in [-0.1, -0.05) is 66.2 Å². The van der Waals surface area contributed by atoms with Gasteiger partial charge in [0, 0.05) is 17.5 Å². The third-order valence-electron chi connectivity index (χ3n) is 5.26. The molecule has 0 fully saturated rings. The summed E-state index contributed by atoms with van der Waals surface area (Å²) in [4.78, 5) is 29.8. The van der Waals surface area contributed by atoms with Crippen LogP contribution < -0.4 is 15.5 Å². The summed E-state index contributed by atoms with van der Waals surface area (Å²) in [6.07, 6.45) is 0.00259. The van der Waals surface area contributed by atoms with Crippen molar-refractivity contribution in [3.63, 3.8) is 0 Å². The summed E-state index contributed by atoms with van der Waals surface area (Å²) in [6.45, 7) is 4.03. The Morgan fingerprint density at radius 2 is 1.69 bits per heavy atom. The third kappa shape index (κ3) is 6.14. The molecule has 0 unspecified atom stereocenters. The molecule has 35 heavy (non-hydrogen) atoms. The number of amides is 1. The van der Waals surface area contributed by atoms with Crippen LogP contribution in [0.2, 0.25) is 10.0 Å². The van der Waals surface area contributed by atoms with Crippen LogP contribution in [0, 0.1) is 0 Å². The molecule has 0 aliphatic heterocycles. The highest BCUT2D eigenvalue weighted by molar-refractivity contribution is 6.39. The number of hydrogen-bond donors (Lipinski definition) is 3. The lowest BCUT2D eigenvalue weighted by molar-refractivity contribution is -0.139. The number of hydroxylamine groups is 1. The van der Waals surface area contributed by atoms with Crippen molar-refractivity contribution in [2.75, 3.05) is 14.2 Å². The molecular weight excluding hydrogens is 491 g/mol. The van der Waals surface area contributed by atoms with Crippen LogP contribution in [-0.4, -0.2) is 37.2 Å². The number of methoxy groups -OCH3 is 1. The number of hydrogen-bond acceptors (Lipinski definition) is 5. The Bertz CT molecular complexity index is 1240. The first kappa shape index (κ1) is 26.1. The minimum Gasteiger partial charge on any atom is -0.496 e. The topological polar surface area (TPSA) is 96.9 Å². The standard InChI is InChI=1S/C26H24Cl2N2O5/c1-15(30-35-3)19-13-16(11-12-17(19)18-7-4-5-10-23(18)34-2)14-22(26(32)33)29-25(31)24-20(27)8-6-9-21(24)28/h4-13,22,30H,1,14H2,2-3H3,(H,29,31)(H,32,33)/t22-/m0/s1. The normalized spacial score (nSPS) is 11.4. The van der Waals surface area contributed by atoms with Crippen molar-refractivity contribution in [2.45, 2.75) is 12.5 Å². The predicted octanol–water partition coefficient (Wildman–Crippen LogP) is 5.22. The van der Waals surface area contributed by atoms with Crippen molar-refractivity contribution in [1.29, 1.82) is 0 Å². The molecule has 0 aliphatic carbocycles. The van der Waals surface area contributed by atoms with Crippen molar-refractivity contribution in [2.24, 2.45) is 0 Å². The molecule has 3 rings (SSSR count). The first-order chi connectivity index (χ1) is 16.8. The summed E-state index contributed by atoms with van der Waals surface area (Å²) in [5, 5.41) is 12.6. The maximum Gasteiger partial charge on any atom is 0.326 e. The number of carbonyl (C=O) groups excluding carboxylic acids is 1. The van der Waals surface area contributed by atoms with E-state index < -0.39 is 17.9 Å². The van der Waals surface area contributed by atoms with E-state index in [1.165, 1.54) is 19.2 Å². The van der Waals surface area contributed by atoms with Crippen LogP contribution in [0.25, 0.3) is 16.8 Å². The fourth-order valence-corrected chi connectivity index (χ4v) is 4.20. The predicted molar refractivity (Wildman–Crippen MR) is 137 cm³/mol. The molecule has 182 valence electrons. The minimum atomic E-state index is -1.23. The zero-order valence-electron chi connectivity index (χ0n) is 19.1. The zero-order valence-corrected chi connectivity index (χ0v) is 20.6. The molecule has 0 radical (unpaired) electrons. The molecule has 0 saturated heterocycles. The van der Waals surface area contributed by atoms with Crippen molar-refractivity contribution < 1.29 is 24.3 Å². The number of para-hydroxylation sites is 1. The molecule has 0 saturated carbocycles. The summed E-state index contributed by atoms with van der Waals surface area (Å²) < 4.78 is 5.50. The van der Waals surface area contributed by atoms with Crippen LogP contribution in [0.3, 0.4) is 0 Å². The first-order valence-corrected chi connectivity index (χ1v) is 11.2. The summed E-state index contributed by atoms with van der Waals surface area (Å²) in [5.74, 6) is -1.21. The first-order valence-electron chi connectivity index (χ1n) is 10.5. The number of ether oxygens (including phenoxy) is 1. The van der Waals surface area contributed by atoms with Crippen molar-refractivity contribution >= 4 is 40.8 Å². The van der Waals surface area contributed by atoms with Crippen LogP contribution in [0.4, 0.5) is 0 Å². The average Bonchev–Trinajstić information content (AvgIpc) is 2.83. The van der Waals surface area contributed by atoms with Gasteiger partial charge in [0.05, 0.1) is 35.5 Å². The lowest BCUT2D eigenvalue weighted by Gasteiger charge is -2.19. The van der Waals surface area contributed by atoms with E-state index in [9.17, 15) is 14.7 Å². The highest BCUT2D eigenvalue weighted by Gasteiger charge is 2.24. The second-order valence-corrected chi connectivity index (χ2v) is 8.34. The van der Waals surface area contributed by atoms with Gasteiger partial charge in [-0.3, -0.25) is 15.1 Å². The second kappa shape index (κ2) is 11.8. The van der Waals surface area contributed by atoms with Gasteiger partial charge >= 0.3 is 5.97 Å².